The van der Waals surface area contributed by atoms with Gasteiger partial charge in [-0.3, -0.25) is 0 Å². The van der Waals surface area contributed by atoms with Gasteiger partial charge in [0, 0.05) is 11.1 Å². The monoisotopic (exact) mass is 288 g/mol. The van der Waals surface area contributed by atoms with Crippen molar-refractivity contribution in [2.24, 2.45) is 0 Å². The quantitative estimate of drug-likeness (QED) is 0.646. The van der Waals surface area contributed by atoms with Crippen molar-refractivity contribution in [3.63, 3.8) is 0 Å². The Balaban J connectivity index is 2.22. The van der Waals surface area contributed by atoms with Crippen LogP contribution in [0.25, 0.3) is 22.3 Å². The van der Waals surface area contributed by atoms with Crippen LogP contribution in [0.5, 0.6) is 5.75 Å². The highest BCUT2D eigenvalue weighted by molar-refractivity contribution is 5.84. The molecule has 3 aromatic rings. The van der Waals surface area contributed by atoms with Crippen molar-refractivity contribution in [3.8, 4) is 28.0 Å². The fourth-order valence-electron chi connectivity index (χ4n) is 3.20. The molecule has 0 aliphatic rings. The fraction of sp³-hybridized carbons (Fsp3) is 0.143. The van der Waals surface area contributed by atoms with Gasteiger partial charge in [-0.1, -0.05) is 66.2 Å². The van der Waals surface area contributed by atoms with Gasteiger partial charge >= 0.3 is 0 Å². The van der Waals surface area contributed by atoms with Crippen molar-refractivity contribution in [1.82, 2.24) is 0 Å². The van der Waals surface area contributed by atoms with Crippen LogP contribution in [0.15, 0.2) is 60.7 Å². The molecule has 0 aliphatic heterocycles. The predicted molar refractivity (Wildman–Crippen MR) is 93.2 cm³/mol. The molecule has 0 bridgehead atoms. The highest BCUT2D eigenvalue weighted by Crippen LogP contribution is 2.40. The van der Waals surface area contributed by atoms with Gasteiger partial charge in [-0.05, 0) is 43.0 Å². The molecule has 1 heteroatoms. The molecule has 0 saturated carbocycles. The molecule has 0 atom stereocenters. The van der Waals surface area contributed by atoms with Crippen LogP contribution in [0.2, 0.25) is 0 Å². The first-order valence-corrected chi connectivity index (χ1v) is 7.53. The Kier molecular flexibility index (Phi) is 3.72. The molecule has 0 heterocycles. The van der Waals surface area contributed by atoms with E-state index in [0.717, 1.165) is 22.3 Å². The first-order chi connectivity index (χ1) is 10.6. The zero-order valence-corrected chi connectivity index (χ0v) is 13.2. The number of aromatic hydroxyl groups is 1. The van der Waals surface area contributed by atoms with Crippen molar-refractivity contribution in [2.75, 3.05) is 0 Å². The standard InChI is InChI=1S/C21H20O/c1-14-12-15(2)20(16(3)13-14)19-11-7-10-18(21(19)22)17-8-5-4-6-9-17/h4-13,22H,1-3H3. The largest absolute Gasteiger partial charge is 0.507 e. The summed E-state index contributed by atoms with van der Waals surface area (Å²) in [4.78, 5) is 0. The van der Waals surface area contributed by atoms with E-state index in [1.54, 1.807) is 0 Å². The minimum absolute atomic E-state index is 0.351. The Labute approximate surface area is 131 Å². The van der Waals surface area contributed by atoms with Gasteiger partial charge in [-0.2, -0.15) is 0 Å². The molecule has 3 aromatic carbocycles. The summed E-state index contributed by atoms with van der Waals surface area (Å²) >= 11 is 0. The summed E-state index contributed by atoms with van der Waals surface area (Å²) < 4.78 is 0. The maximum absolute atomic E-state index is 10.8. The second-order valence-corrected chi connectivity index (χ2v) is 5.84. The van der Waals surface area contributed by atoms with E-state index in [9.17, 15) is 5.11 Å². The van der Waals surface area contributed by atoms with Crippen LogP contribution in [0.1, 0.15) is 16.7 Å². The Morgan fingerprint density at radius 3 is 1.91 bits per heavy atom. The zero-order valence-electron chi connectivity index (χ0n) is 13.2. The van der Waals surface area contributed by atoms with Crippen LogP contribution in [0, 0.1) is 20.8 Å². The van der Waals surface area contributed by atoms with Crippen molar-refractivity contribution < 1.29 is 5.11 Å². The summed E-state index contributed by atoms with van der Waals surface area (Å²) in [7, 11) is 0. The van der Waals surface area contributed by atoms with E-state index >= 15 is 0 Å². The summed E-state index contributed by atoms with van der Waals surface area (Å²) in [6.45, 7) is 6.30. The van der Waals surface area contributed by atoms with Crippen LogP contribution in [0.3, 0.4) is 0 Å². The van der Waals surface area contributed by atoms with E-state index in [1.165, 1.54) is 16.7 Å². The lowest BCUT2D eigenvalue weighted by atomic mass is 9.91. The molecule has 0 amide bonds. The summed E-state index contributed by atoms with van der Waals surface area (Å²) in [5.74, 6) is 0.351. The van der Waals surface area contributed by atoms with Gasteiger partial charge < -0.3 is 5.11 Å². The molecule has 0 radical (unpaired) electrons. The van der Waals surface area contributed by atoms with Gasteiger partial charge in [0.15, 0.2) is 0 Å². The number of aryl methyl sites for hydroxylation is 3. The minimum Gasteiger partial charge on any atom is -0.507 e. The number of benzene rings is 3. The topological polar surface area (TPSA) is 20.2 Å². The van der Waals surface area contributed by atoms with E-state index in [2.05, 4.69) is 32.9 Å². The SMILES string of the molecule is Cc1cc(C)c(-c2cccc(-c3ccccc3)c2O)c(C)c1. The van der Waals surface area contributed by atoms with E-state index in [-0.39, 0.29) is 0 Å². The third-order valence-electron chi connectivity index (χ3n) is 4.07. The third kappa shape index (κ3) is 2.50. The molecular weight excluding hydrogens is 268 g/mol. The second-order valence-electron chi connectivity index (χ2n) is 5.84. The molecule has 0 aliphatic carbocycles. The van der Waals surface area contributed by atoms with Gasteiger partial charge in [0.25, 0.3) is 0 Å². The van der Waals surface area contributed by atoms with Crippen LogP contribution < -0.4 is 0 Å². The van der Waals surface area contributed by atoms with E-state index in [0.29, 0.717) is 5.75 Å². The average molecular weight is 288 g/mol. The lowest BCUT2D eigenvalue weighted by Gasteiger charge is -2.15. The van der Waals surface area contributed by atoms with Crippen molar-refractivity contribution >= 4 is 0 Å². The molecule has 110 valence electrons. The van der Waals surface area contributed by atoms with Crippen molar-refractivity contribution in [1.29, 1.82) is 0 Å². The van der Waals surface area contributed by atoms with Gasteiger partial charge in [0.05, 0.1) is 0 Å². The second kappa shape index (κ2) is 5.69. The highest BCUT2D eigenvalue weighted by Gasteiger charge is 2.14. The Hall–Kier alpha value is -2.54. The average Bonchev–Trinajstić information content (AvgIpc) is 2.49. The van der Waals surface area contributed by atoms with Crippen LogP contribution in [-0.2, 0) is 0 Å². The first kappa shape index (κ1) is 14.4. The Morgan fingerprint density at radius 1 is 0.682 bits per heavy atom. The smallest absolute Gasteiger partial charge is 0.131 e. The summed E-state index contributed by atoms with van der Waals surface area (Å²) in [5, 5.41) is 10.8. The molecule has 0 saturated heterocycles. The molecule has 1 nitrogen and oxygen atoms in total. The van der Waals surface area contributed by atoms with Gasteiger partial charge in [0.1, 0.15) is 5.75 Å². The van der Waals surface area contributed by atoms with Crippen LogP contribution in [0.4, 0.5) is 0 Å². The maximum Gasteiger partial charge on any atom is 0.131 e. The molecule has 0 unspecified atom stereocenters. The highest BCUT2D eigenvalue weighted by atomic mass is 16.3. The molecule has 3 rings (SSSR count). The lowest BCUT2D eigenvalue weighted by molar-refractivity contribution is 0.479. The number of hydrogen-bond acceptors (Lipinski definition) is 1. The third-order valence-corrected chi connectivity index (χ3v) is 4.07. The summed E-state index contributed by atoms with van der Waals surface area (Å²) in [6, 6.07) is 20.3. The first-order valence-electron chi connectivity index (χ1n) is 7.53. The number of phenols is 1. The predicted octanol–water partition coefficient (Wildman–Crippen LogP) is 5.65. The fourth-order valence-corrected chi connectivity index (χ4v) is 3.20. The van der Waals surface area contributed by atoms with Gasteiger partial charge in [-0.25, -0.2) is 0 Å². The normalized spacial score (nSPS) is 10.7. The Bertz CT molecular complexity index is 794. The van der Waals surface area contributed by atoms with Gasteiger partial charge in [-0.15, -0.1) is 0 Å². The molecule has 0 fully saturated rings. The number of rotatable bonds is 2. The lowest BCUT2D eigenvalue weighted by Crippen LogP contribution is -1.91. The van der Waals surface area contributed by atoms with E-state index in [4.69, 9.17) is 0 Å². The molecule has 0 aromatic heterocycles. The molecule has 22 heavy (non-hydrogen) atoms. The van der Waals surface area contributed by atoms with Crippen molar-refractivity contribution in [2.45, 2.75) is 20.8 Å². The van der Waals surface area contributed by atoms with E-state index in [1.807, 2.05) is 48.5 Å². The Morgan fingerprint density at radius 2 is 1.27 bits per heavy atom. The van der Waals surface area contributed by atoms with Crippen LogP contribution >= 0.6 is 0 Å². The van der Waals surface area contributed by atoms with Crippen molar-refractivity contribution in [3.05, 3.63) is 77.4 Å². The maximum atomic E-state index is 10.8. The van der Waals surface area contributed by atoms with E-state index < -0.39 is 0 Å². The van der Waals surface area contributed by atoms with Crippen LogP contribution in [-0.4, -0.2) is 5.11 Å². The number of phenolic OH excluding ortho intramolecular Hbond substituents is 1. The number of hydrogen-bond donors (Lipinski definition) is 1. The molecular formula is C21H20O. The molecule has 1 N–H and O–H groups in total. The zero-order chi connectivity index (χ0) is 15.7. The molecule has 0 spiro atoms. The minimum atomic E-state index is 0.351. The number of para-hydroxylation sites is 1. The summed E-state index contributed by atoms with van der Waals surface area (Å²) in [6.07, 6.45) is 0. The van der Waals surface area contributed by atoms with Gasteiger partial charge in [0.2, 0.25) is 0 Å². The summed E-state index contributed by atoms with van der Waals surface area (Å²) in [5.41, 5.74) is 7.56.